The maximum atomic E-state index is 10.9. The summed E-state index contributed by atoms with van der Waals surface area (Å²) < 4.78 is 0. The van der Waals surface area contributed by atoms with Crippen molar-refractivity contribution in [3.05, 3.63) is 131 Å². The molecule has 5 aromatic rings. The Kier molecular flexibility index (Phi) is 14.6. The van der Waals surface area contributed by atoms with E-state index >= 15 is 0 Å². The number of H-pyrrole nitrogens is 2. The first-order chi connectivity index (χ1) is 19.4. The number of rotatable bonds is 8. The molecule has 3 aromatic carbocycles. The lowest BCUT2D eigenvalue weighted by molar-refractivity contribution is -0.116. The monoisotopic (exact) mass is 636 g/mol. The number of Topliss-reactive ketones (excluding diaryl/α,β-unsaturated/α-hetero) is 1. The average Bonchev–Trinajstić information content (AvgIpc) is 3.58. The fourth-order valence-electron chi connectivity index (χ4n) is 3.65. The Hall–Kier alpha value is -4.21. The van der Waals surface area contributed by atoms with Crippen molar-refractivity contribution < 1.29 is 9.59 Å². The third-order valence-corrected chi connectivity index (χ3v) is 6.06. The first-order valence-corrected chi connectivity index (χ1v) is 13.8. The van der Waals surface area contributed by atoms with Crippen LogP contribution in [0, 0.1) is 0 Å². The van der Waals surface area contributed by atoms with Crippen molar-refractivity contribution in [2.45, 2.75) is 26.2 Å². The standard InChI is InChI=1S/C12H13N3O.C10H11N3.C9H9BrO.ClH/c1-9(16)14-12-13-8-11(15-12)7-10-5-3-2-4-6-10;11-10-12-7-9(13-10)6-8-4-2-1-3-5-8;10-7-9(11)6-8-4-2-1-3-5-8;/h2-6,8H,7H2,1H3,(H2,13,14,15,16);1-5,7H,6H2,(H3,11,12,13);1-5H,6-7H2;1H. The average molecular weight is 638 g/mol. The fourth-order valence-corrected chi connectivity index (χ4v) is 3.85. The summed E-state index contributed by atoms with van der Waals surface area (Å²) in [6.45, 7) is 1.46. The lowest BCUT2D eigenvalue weighted by Gasteiger charge is -1.98. The van der Waals surface area contributed by atoms with Crippen LogP contribution in [0.4, 0.5) is 11.9 Å². The first-order valence-electron chi connectivity index (χ1n) is 12.7. The molecule has 5 N–H and O–H groups in total. The molecule has 0 atom stereocenters. The molecule has 0 bridgehead atoms. The smallest absolute Gasteiger partial charge is 0.223 e. The molecule has 5 rings (SSSR count). The molecule has 0 unspecified atom stereocenters. The molecule has 0 aliphatic heterocycles. The van der Waals surface area contributed by atoms with Gasteiger partial charge in [0.25, 0.3) is 0 Å². The van der Waals surface area contributed by atoms with Gasteiger partial charge in [-0.2, -0.15) is 0 Å². The van der Waals surface area contributed by atoms with Crippen LogP contribution < -0.4 is 11.1 Å². The van der Waals surface area contributed by atoms with Crippen molar-refractivity contribution in [2.75, 3.05) is 16.4 Å². The highest BCUT2D eigenvalue weighted by Crippen LogP contribution is 2.09. The number of aromatic amines is 2. The van der Waals surface area contributed by atoms with E-state index < -0.39 is 0 Å². The number of amides is 1. The summed E-state index contributed by atoms with van der Waals surface area (Å²) in [6.07, 6.45) is 5.67. The Bertz CT molecular complexity index is 1440. The Morgan fingerprint density at radius 3 is 1.66 bits per heavy atom. The third kappa shape index (κ3) is 13.1. The van der Waals surface area contributed by atoms with Crippen molar-refractivity contribution in [1.29, 1.82) is 0 Å². The molecular weight excluding hydrogens is 604 g/mol. The van der Waals surface area contributed by atoms with Gasteiger partial charge in [-0.15, -0.1) is 12.4 Å². The molecule has 0 aliphatic carbocycles. The minimum atomic E-state index is -0.124. The Morgan fingerprint density at radius 1 is 0.756 bits per heavy atom. The highest BCUT2D eigenvalue weighted by Gasteiger charge is 2.03. The number of carbonyl (C=O) groups is 2. The topological polar surface area (TPSA) is 130 Å². The van der Waals surface area contributed by atoms with E-state index in [-0.39, 0.29) is 24.1 Å². The quantitative estimate of drug-likeness (QED) is 0.152. The molecule has 1 amide bonds. The number of nitrogens with two attached hydrogens (primary N) is 1. The van der Waals surface area contributed by atoms with E-state index in [0.29, 0.717) is 23.6 Å². The number of nitrogens with one attached hydrogen (secondary N) is 3. The minimum absolute atomic E-state index is 0. The molecule has 10 heteroatoms. The van der Waals surface area contributed by atoms with Crippen LogP contribution in [0.15, 0.2) is 103 Å². The fraction of sp³-hybridized carbons (Fsp3) is 0.161. The van der Waals surface area contributed by atoms with Gasteiger partial charge in [-0.1, -0.05) is 107 Å². The number of alkyl halides is 1. The van der Waals surface area contributed by atoms with E-state index in [0.717, 1.165) is 29.8 Å². The molecule has 41 heavy (non-hydrogen) atoms. The predicted octanol–water partition coefficient (Wildman–Crippen LogP) is 6.16. The van der Waals surface area contributed by atoms with Gasteiger partial charge in [-0.25, -0.2) is 9.97 Å². The predicted molar refractivity (Wildman–Crippen MR) is 171 cm³/mol. The van der Waals surface area contributed by atoms with E-state index in [1.165, 1.54) is 18.1 Å². The molecule has 0 fully saturated rings. The van der Waals surface area contributed by atoms with Gasteiger partial charge in [0.2, 0.25) is 11.9 Å². The van der Waals surface area contributed by atoms with Crippen molar-refractivity contribution in [3.63, 3.8) is 0 Å². The molecule has 0 aliphatic rings. The van der Waals surface area contributed by atoms with Gasteiger partial charge in [0.05, 0.1) is 17.7 Å². The number of aromatic nitrogens is 4. The number of nitrogen functional groups attached to an aromatic ring is 1. The summed E-state index contributed by atoms with van der Waals surface area (Å²) in [5.41, 5.74) is 11.0. The number of hydrogen-bond acceptors (Lipinski definition) is 5. The molecular formula is C31H34BrClN6O2. The number of ketones is 1. The van der Waals surface area contributed by atoms with Crippen LogP contribution in [-0.4, -0.2) is 37.0 Å². The Labute approximate surface area is 254 Å². The van der Waals surface area contributed by atoms with Crippen LogP contribution in [0.5, 0.6) is 0 Å². The molecule has 214 valence electrons. The highest BCUT2D eigenvalue weighted by atomic mass is 79.9. The molecule has 0 radical (unpaired) electrons. The van der Waals surface area contributed by atoms with Crippen LogP contribution in [0.25, 0.3) is 0 Å². The van der Waals surface area contributed by atoms with E-state index in [1.807, 2.05) is 66.7 Å². The Balaban J connectivity index is 0.000000217. The zero-order chi connectivity index (χ0) is 28.6. The van der Waals surface area contributed by atoms with Gasteiger partial charge in [0.1, 0.15) is 5.78 Å². The summed E-state index contributed by atoms with van der Waals surface area (Å²) in [5.74, 6) is 1.07. The largest absolute Gasteiger partial charge is 0.369 e. The van der Waals surface area contributed by atoms with Crippen LogP contribution in [-0.2, 0) is 28.9 Å². The number of halogens is 2. The van der Waals surface area contributed by atoms with Gasteiger partial charge >= 0.3 is 0 Å². The molecule has 8 nitrogen and oxygen atoms in total. The molecule has 2 heterocycles. The maximum absolute atomic E-state index is 10.9. The normalized spacial score (nSPS) is 9.71. The lowest BCUT2D eigenvalue weighted by atomic mass is 10.1. The summed E-state index contributed by atoms with van der Waals surface area (Å²) in [5, 5.41) is 3.05. The number of carbonyl (C=O) groups excluding carboxylic acids is 2. The summed E-state index contributed by atoms with van der Waals surface area (Å²) in [6, 6.07) is 30.1. The van der Waals surface area contributed by atoms with Crippen LogP contribution in [0.2, 0.25) is 0 Å². The van der Waals surface area contributed by atoms with Gasteiger partial charge in [-0.05, 0) is 16.7 Å². The van der Waals surface area contributed by atoms with Gasteiger partial charge in [0.15, 0.2) is 5.95 Å². The van der Waals surface area contributed by atoms with Crippen molar-refractivity contribution in [1.82, 2.24) is 19.9 Å². The number of imidazole rings is 2. The second-order valence-electron chi connectivity index (χ2n) is 8.89. The number of hydrogen-bond donors (Lipinski definition) is 4. The first kappa shape index (κ1) is 33.0. The Morgan fingerprint density at radius 2 is 1.22 bits per heavy atom. The number of anilines is 2. The van der Waals surface area contributed by atoms with E-state index in [9.17, 15) is 9.59 Å². The zero-order valence-electron chi connectivity index (χ0n) is 22.7. The van der Waals surface area contributed by atoms with Gasteiger partial charge in [-0.3, -0.25) is 14.9 Å². The number of benzene rings is 3. The SMILES string of the molecule is CC(=O)Nc1ncc(Cc2ccccc2)[nH]1.Cl.Nc1ncc(Cc2ccccc2)[nH]1.O=C(CBr)Cc1ccccc1. The molecule has 0 spiro atoms. The minimum Gasteiger partial charge on any atom is -0.369 e. The number of nitrogens with zero attached hydrogens (tertiary/aromatic N) is 2. The molecule has 0 saturated carbocycles. The molecule has 0 saturated heterocycles. The summed E-state index contributed by atoms with van der Waals surface area (Å²) >= 11 is 3.12. The lowest BCUT2D eigenvalue weighted by Crippen LogP contribution is -2.07. The van der Waals surface area contributed by atoms with E-state index in [2.05, 4.69) is 65.4 Å². The van der Waals surface area contributed by atoms with Gasteiger partial charge in [0, 0.05) is 37.6 Å². The van der Waals surface area contributed by atoms with Crippen LogP contribution >= 0.6 is 28.3 Å². The molecule has 2 aromatic heterocycles. The second-order valence-corrected chi connectivity index (χ2v) is 9.45. The van der Waals surface area contributed by atoms with Gasteiger partial charge < -0.3 is 15.7 Å². The van der Waals surface area contributed by atoms with E-state index in [1.54, 1.807) is 12.4 Å². The van der Waals surface area contributed by atoms with Crippen LogP contribution in [0.3, 0.4) is 0 Å². The third-order valence-electron chi connectivity index (χ3n) is 5.44. The van der Waals surface area contributed by atoms with Crippen molar-refractivity contribution in [3.8, 4) is 0 Å². The van der Waals surface area contributed by atoms with E-state index in [4.69, 9.17) is 5.73 Å². The zero-order valence-corrected chi connectivity index (χ0v) is 25.1. The van der Waals surface area contributed by atoms with Crippen molar-refractivity contribution in [2.24, 2.45) is 0 Å². The maximum Gasteiger partial charge on any atom is 0.223 e. The summed E-state index contributed by atoms with van der Waals surface area (Å²) in [7, 11) is 0. The summed E-state index contributed by atoms with van der Waals surface area (Å²) in [4.78, 5) is 35.8. The highest BCUT2D eigenvalue weighted by molar-refractivity contribution is 9.09. The second kappa shape index (κ2) is 18.2. The van der Waals surface area contributed by atoms with Crippen LogP contribution in [0.1, 0.15) is 35.0 Å². The van der Waals surface area contributed by atoms with Crippen molar-refractivity contribution >= 4 is 51.9 Å².